The number of pyridine rings is 2. The Morgan fingerprint density at radius 3 is 3.00 bits per heavy atom. The third kappa shape index (κ3) is 1.93. The van der Waals surface area contributed by atoms with Crippen molar-refractivity contribution in [3.63, 3.8) is 0 Å². The Morgan fingerprint density at radius 2 is 2.31 bits per heavy atom. The highest BCUT2D eigenvalue weighted by molar-refractivity contribution is 5.79. The molecule has 2 rings (SSSR count). The van der Waals surface area contributed by atoms with Gasteiger partial charge in [-0.2, -0.15) is 0 Å². The summed E-state index contributed by atoms with van der Waals surface area (Å²) < 4.78 is 0. The molecule has 0 atom stereocenters. The van der Waals surface area contributed by atoms with Gasteiger partial charge in [0.1, 0.15) is 0 Å². The molecule has 2 aromatic heterocycles. The Balaban J connectivity index is 0.00000144. The molecule has 2 heterocycles. The summed E-state index contributed by atoms with van der Waals surface area (Å²) in [5, 5.41) is 0. The molecule has 0 spiro atoms. The van der Waals surface area contributed by atoms with E-state index in [0.717, 1.165) is 5.69 Å². The summed E-state index contributed by atoms with van der Waals surface area (Å²) in [7, 11) is 0. The number of hydrogen-bond donors (Lipinski definition) is 2. The fourth-order valence-electron chi connectivity index (χ4n) is 1.54. The zero-order valence-corrected chi connectivity index (χ0v) is 8.78. The van der Waals surface area contributed by atoms with Crippen molar-refractivity contribution in [2.45, 2.75) is 13.3 Å². The number of carbonyl (C=O) groups is 1. The highest BCUT2D eigenvalue weighted by Gasteiger charge is 2.06. The van der Waals surface area contributed by atoms with E-state index in [2.05, 4.69) is 9.97 Å². The van der Waals surface area contributed by atoms with Crippen molar-refractivity contribution in [2.75, 3.05) is 0 Å². The van der Waals surface area contributed by atoms with E-state index in [0.29, 0.717) is 16.6 Å². The second-order valence-corrected chi connectivity index (χ2v) is 3.65. The highest BCUT2D eigenvalue weighted by atomic mass is 16.1. The summed E-state index contributed by atoms with van der Waals surface area (Å²) in [5.74, 6) is -0.530. The molecular weight excluding hydrogens is 206 g/mol. The van der Waals surface area contributed by atoms with Gasteiger partial charge in [-0.1, -0.05) is 0 Å². The van der Waals surface area contributed by atoms with Crippen LogP contribution in [-0.4, -0.2) is 15.9 Å². The topological polar surface area (TPSA) is 88.8 Å². The van der Waals surface area contributed by atoms with Crippen LogP contribution in [0.1, 0.15) is 14.1 Å². The van der Waals surface area contributed by atoms with Gasteiger partial charge in [-0.15, -0.1) is 0 Å². The minimum atomic E-state index is -0.530. The SMILES string of the molecule is Cc1ccc2[nH]c(=O)c(CC(N)=O)cc2n1.[HH].[HH]. The number of fused-ring (bicyclic) bond motifs is 1. The zero-order valence-electron chi connectivity index (χ0n) is 8.78. The predicted molar refractivity (Wildman–Crippen MR) is 64.2 cm³/mol. The first kappa shape index (κ1) is 10.4. The summed E-state index contributed by atoms with van der Waals surface area (Å²) >= 11 is 0. The predicted octanol–water partition coefficient (Wildman–Crippen LogP) is 0.751. The molecule has 0 unspecified atom stereocenters. The maximum absolute atomic E-state index is 11.6. The number of aromatic amines is 1. The maximum atomic E-state index is 11.6. The number of carbonyl (C=O) groups excluding carboxylic acids is 1. The van der Waals surface area contributed by atoms with Crippen LogP contribution < -0.4 is 11.3 Å². The van der Waals surface area contributed by atoms with E-state index in [-0.39, 0.29) is 14.8 Å². The Morgan fingerprint density at radius 1 is 1.56 bits per heavy atom. The summed E-state index contributed by atoms with van der Waals surface area (Å²) in [6.45, 7) is 1.86. The molecule has 0 saturated carbocycles. The largest absolute Gasteiger partial charge is 0.369 e. The van der Waals surface area contributed by atoms with Crippen LogP contribution in [0.3, 0.4) is 0 Å². The van der Waals surface area contributed by atoms with E-state index in [9.17, 15) is 9.59 Å². The molecule has 1 amide bonds. The van der Waals surface area contributed by atoms with Crippen LogP contribution in [0, 0.1) is 6.92 Å². The van der Waals surface area contributed by atoms with Crippen LogP contribution in [0.15, 0.2) is 23.0 Å². The van der Waals surface area contributed by atoms with Gasteiger partial charge in [0, 0.05) is 14.1 Å². The van der Waals surface area contributed by atoms with Crippen molar-refractivity contribution in [2.24, 2.45) is 5.73 Å². The standard InChI is InChI=1S/C11H11N3O2.2H2/c1-6-2-3-8-9(13-6)4-7(5-10(12)15)11(16)14-8;;/h2-4H,5H2,1H3,(H2,12,15)(H,14,16);2*1H. The molecule has 3 N–H and O–H groups in total. The van der Waals surface area contributed by atoms with Crippen LogP contribution in [0.5, 0.6) is 0 Å². The van der Waals surface area contributed by atoms with E-state index in [4.69, 9.17) is 5.73 Å². The molecule has 0 radical (unpaired) electrons. The van der Waals surface area contributed by atoms with E-state index in [1.165, 1.54) is 0 Å². The minimum Gasteiger partial charge on any atom is -0.369 e. The quantitative estimate of drug-likeness (QED) is 0.784. The lowest BCUT2D eigenvalue weighted by Gasteiger charge is -2.01. The normalized spacial score (nSPS) is 10.6. The number of aryl methyl sites for hydroxylation is 1. The van der Waals surface area contributed by atoms with Gasteiger partial charge >= 0.3 is 0 Å². The molecule has 0 aliphatic rings. The Kier molecular flexibility index (Phi) is 2.44. The van der Waals surface area contributed by atoms with Crippen molar-refractivity contribution in [1.29, 1.82) is 0 Å². The summed E-state index contributed by atoms with van der Waals surface area (Å²) in [6, 6.07) is 5.20. The fraction of sp³-hybridized carbons (Fsp3) is 0.182. The molecule has 16 heavy (non-hydrogen) atoms. The van der Waals surface area contributed by atoms with Gasteiger partial charge in [-0.05, 0) is 25.1 Å². The fourth-order valence-corrected chi connectivity index (χ4v) is 1.54. The molecule has 0 aliphatic heterocycles. The number of nitrogens with two attached hydrogens (primary N) is 1. The first-order valence-corrected chi connectivity index (χ1v) is 4.84. The molecule has 2 aromatic rings. The van der Waals surface area contributed by atoms with E-state index in [1.54, 1.807) is 12.1 Å². The average molecular weight is 221 g/mol. The lowest BCUT2D eigenvalue weighted by atomic mass is 10.1. The van der Waals surface area contributed by atoms with Gasteiger partial charge in [0.2, 0.25) is 5.91 Å². The summed E-state index contributed by atoms with van der Waals surface area (Å²) in [5.41, 5.74) is 7.28. The molecule has 0 saturated heterocycles. The Hall–Kier alpha value is -2.17. The van der Waals surface area contributed by atoms with Crippen molar-refractivity contribution in [1.82, 2.24) is 9.97 Å². The van der Waals surface area contributed by atoms with Crippen LogP contribution in [0.2, 0.25) is 0 Å². The van der Waals surface area contributed by atoms with Gasteiger partial charge in [-0.3, -0.25) is 14.6 Å². The van der Waals surface area contributed by atoms with Crippen LogP contribution in [0.4, 0.5) is 0 Å². The van der Waals surface area contributed by atoms with Crippen LogP contribution >= 0.6 is 0 Å². The van der Waals surface area contributed by atoms with Gasteiger partial charge in [0.15, 0.2) is 0 Å². The smallest absolute Gasteiger partial charge is 0.252 e. The molecule has 86 valence electrons. The van der Waals surface area contributed by atoms with Crippen LogP contribution in [-0.2, 0) is 11.2 Å². The van der Waals surface area contributed by atoms with Crippen molar-refractivity contribution in [3.05, 3.63) is 39.8 Å². The number of amides is 1. The minimum absolute atomic E-state index is 0. The van der Waals surface area contributed by atoms with Crippen molar-refractivity contribution < 1.29 is 7.65 Å². The third-order valence-electron chi connectivity index (χ3n) is 2.28. The number of nitrogens with zero attached hydrogens (tertiary/aromatic N) is 1. The molecule has 0 aromatic carbocycles. The second-order valence-electron chi connectivity index (χ2n) is 3.65. The number of aromatic nitrogens is 2. The van der Waals surface area contributed by atoms with E-state index < -0.39 is 5.91 Å². The molecular formula is C11H15N3O2. The molecule has 0 aliphatic carbocycles. The van der Waals surface area contributed by atoms with E-state index in [1.807, 2.05) is 13.0 Å². The second kappa shape index (κ2) is 3.77. The molecule has 5 nitrogen and oxygen atoms in total. The molecule has 0 bridgehead atoms. The van der Waals surface area contributed by atoms with Gasteiger partial charge < -0.3 is 10.7 Å². The number of hydrogen-bond acceptors (Lipinski definition) is 3. The van der Waals surface area contributed by atoms with Gasteiger partial charge in [-0.25, -0.2) is 0 Å². The van der Waals surface area contributed by atoms with Gasteiger partial charge in [0.25, 0.3) is 5.56 Å². The first-order valence-electron chi connectivity index (χ1n) is 4.84. The average Bonchev–Trinajstić information content (AvgIpc) is 2.19. The van der Waals surface area contributed by atoms with Crippen molar-refractivity contribution >= 4 is 16.9 Å². The Bertz CT molecular complexity index is 625. The van der Waals surface area contributed by atoms with Crippen molar-refractivity contribution in [3.8, 4) is 0 Å². The third-order valence-corrected chi connectivity index (χ3v) is 2.28. The molecule has 0 fully saturated rings. The van der Waals surface area contributed by atoms with Crippen LogP contribution in [0.25, 0.3) is 11.0 Å². The first-order chi connectivity index (χ1) is 7.56. The number of primary amides is 1. The lowest BCUT2D eigenvalue weighted by molar-refractivity contribution is -0.117. The zero-order chi connectivity index (χ0) is 11.7. The summed E-state index contributed by atoms with van der Waals surface area (Å²) in [4.78, 5) is 29.3. The number of H-pyrrole nitrogens is 1. The highest BCUT2D eigenvalue weighted by Crippen LogP contribution is 2.09. The number of rotatable bonds is 2. The number of nitrogens with one attached hydrogen (secondary N) is 1. The lowest BCUT2D eigenvalue weighted by Crippen LogP contribution is -2.21. The van der Waals surface area contributed by atoms with E-state index >= 15 is 0 Å². The monoisotopic (exact) mass is 221 g/mol. The molecule has 5 heteroatoms. The Labute approximate surface area is 94.3 Å². The van der Waals surface area contributed by atoms with Gasteiger partial charge in [0.05, 0.1) is 17.5 Å². The maximum Gasteiger partial charge on any atom is 0.252 e. The summed E-state index contributed by atoms with van der Waals surface area (Å²) in [6.07, 6.45) is -0.0686.